The normalized spacial score (nSPS) is 15.0. The molecule has 0 spiro atoms. The lowest BCUT2D eigenvalue weighted by molar-refractivity contribution is 0.0698. The van der Waals surface area contributed by atoms with Crippen LogP contribution < -0.4 is 5.32 Å². The first-order valence-electron chi connectivity index (χ1n) is 8.14. The number of rotatable bonds is 3. The van der Waals surface area contributed by atoms with Gasteiger partial charge in [-0.05, 0) is 55.3 Å². The third-order valence-corrected chi connectivity index (χ3v) is 5.06. The summed E-state index contributed by atoms with van der Waals surface area (Å²) in [5.74, 6) is -0.0905. The molecule has 0 radical (unpaired) electrons. The molecule has 0 atom stereocenters. The van der Waals surface area contributed by atoms with Gasteiger partial charge in [-0.3, -0.25) is 9.59 Å². The van der Waals surface area contributed by atoms with Crippen molar-refractivity contribution >= 4 is 39.3 Å². The van der Waals surface area contributed by atoms with Gasteiger partial charge in [0.1, 0.15) is 0 Å². The largest absolute Gasteiger partial charge is 0.349 e. The molecule has 0 aliphatic carbocycles. The molecule has 2 aromatic rings. The number of piperidine rings is 1. The number of likely N-dealkylation sites (tertiary alicyclic amines) is 1. The molecule has 1 fully saturated rings. The minimum atomic E-state index is -0.125. The lowest BCUT2D eigenvalue weighted by Crippen LogP contribution is -2.46. The maximum atomic E-state index is 12.5. The minimum Gasteiger partial charge on any atom is -0.349 e. The molecule has 0 saturated carbocycles. The second-order valence-electron chi connectivity index (χ2n) is 6.06. The SMILES string of the molecule is O=C(NC1CCN(C(=O)c2ccc(Br)cc2)CC1)c1cccc(Cl)c1. The van der Waals surface area contributed by atoms with Crippen LogP contribution in [-0.4, -0.2) is 35.8 Å². The molecule has 2 aromatic carbocycles. The predicted octanol–water partition coefficient (Wildman–Crippen LogP) is 4.14. The molecule has 1 heterocycles. The van der Waals surface area contributed by atoms with Crippen LogP contribution in [0.1, 0.15) is 33.6 Å². The standard InChI is InChI=1S/C19H18BrClN2O2/c20-15-6-4-13(5-7-15)19(25)23-10-8-17(9-11-23)22-18(24)14-2-1-3-16(21)12-14/h1-7,12,17H,8-11H2,(H,22,24). The Balaban J connectivity index is 1.54. The Morgan fingerprint density at radius 1 is 1.04 bits per heavy atom. The smallest absolute Gasteiger partial charge is 0.253 e. The van der Waals surface area contributed by atoms with Crippen molar-refractivity contribution in [1.29, 1.82) is 0 Å². The molecule has 6 heteroatoms. The third kappa shape index (κ3) is 4.61. The number of hydrogen-bond donors (Lipinski definition) is 1. The van der Waals surface area contributed by atoms with Crippen LogP contribution in [0.5, 0.6) is 0 Å². The van der Waals surface area contributed by atoms with Crippen molar-refractivity contribution in [1.82, 2.24) is 10.2 Å². The van der Waals surface area contributed by atoms with E-state index in [0.717, 1.165) is 17.3 Å². The summed E-state index contributed by atoms with van der Waals surface area (Å²) < 4.78 is 0.950. The fraction of sp³-hybridized carbons (Fsp3) is 0.263. The average molecular weight is 422 g/mol. The molecule has 1 N–H and O–H groups in total. The number of amides is 2. The van der Waals surface area contributed by atoms with E-state index in [1.54, 1.807) is 24.3 Å². The number of hydrogen-bond acceptors (Lipinski definition) is 2. The highest BCUT2D eigenvalue weighted by molar-refractivity contribution is 9.10. The Hall–Kier alpha value is -1.85. The maximum Gasteiger partial charge on any atom is 0.253 e. The fourth-order valence-electron chi connectivity index (χ4n) is 2.90. The van der Waals surface area contributed by atoms with Gasteiger partial charge in [-0.1, -0.05) is 33.6 Å². The zero-order chi connectivity index (χ0) is 17.8. The van der Waals surface area contributed by atoms with Crippen LogP contribution >= 0.6 is 27.5 Å². The molecule has 1 aliphatic rings. The van der Waals surface area contributed by atoms with Gasteiger partial charge in [0.05, 0.1) is 0 Å². The summed E-state index contributed by atoms with van der Waals surface area (Å²) in [6, 6.07) is 14.3. The Morgan fingerprint density at radius 2 is 1.72 bits per heavy atom. The van der Waals surface area contributed by atoms with Gasteiger partial charge in [-0.15, -0.1) is 0 Å². The van der Waals surface area contributed by atoms with E-state index >= 15 is 0 Å². The fourth-order valence-corrected chi connectivity index (χ4v) is 3.36. The molecular formula is C19H18BrClN2O2. The number of nitrogens with zero attached hydrogens (tertiary/aromatic N) is 1. The second kappa shape index (κ2) is 8.02. The third-order valence-electron chi connectivity index (χ3n) is 4.30. The van der Waals surface area contributed by atoms with Crippen LogP contribution in [-0.2, 0) is 0 Å². The highest BCUT2D eigenvalue weighted by Gasteiger charge is 2.24. The molecule has 3 rings (SSSR count). The molecule has 0 unspecified atom stereocenters. The van der Waals surface area contributed by atoms with E-state index < -0.39 is 0 Å². The summed E-state index contributed by atoms with van der Waals surface area (Å²) >= 11 is 9.30. The van der Waals surface area contributed by atoms with Crippen molar-refractivity contribution in [2.75, 3.05) is 13.1 Å². The van der Waals surface area contributed by atoms with Crippen molar-refractivity contribution in [2.24, 2.45) is 0 Å². The first-order valence-corrected chi connectivity index (χ1v) is 9.31. The van der Waals surface area contributed by atoms with Crippen molar-refractivity contribution < 1.29 is 9.59 Å². The Labute approximate surface area is 160 Å². The molecule has 1 aliphatic heterocycles. The highest BCUT2D eigenvalue weighted by Crippen LogP contribution is 2.17. The summed E-state index contributed by atoms with van der Waals surface area (Å²) in [6.45, 7) is 1.27. The summed E-state index contributed by atoms with van der Waals surface area (Å²) in [6.07, 6.45) is 1.49. The lowest BCUT2D eigenvalue weighted by Gasteiger charge is -2.32. The van der Waals surface area contributed by atoms with E-state index in [9.17, 15) is 9.59 Å². The van der Waals surface area contributed by atoms with Crippen LogP contribution in [0.4, 0.5) is 0 Å². The average Bonchev–Trinajstić information content (AvgIpc) is 2.62. The summed E-state index contributed by atoms with van der Waals surface area (Å²) in [5.41, 5.74) is 1.24. The van der Waals surface area contributed by atoms with E-state index in [2.05, 4.69) is 21.2 Å². The summed E-state index contributed by atoms with van der Waals surface area (Å²) in [4.78, 5) is 26.6. The zero-order valence-corrected chi connectivity index (χ0v) is 15.9. The van der Waals surface area contributed by atoms with Crippen molar-refractivity contribution in [2.45, 2.75) is 18.9 Å². The van der Waals surface area contributed by atoms with Crippen molar-refractivity contribution in [3.8, 4) is 0 Å². The van der Waals surface area contributed by atoms with Gasteiger partial charge < -0.3 is 10.2 Å². The Morgan fingerprint density at radius 3 is 2.36 bits per heavy atom. The summed E-state index contributed by atoms with van der Waals surface area (Å²) in [7, 11) is 0. The molecule has 130 valence electrons. The van der Waals surface area contributed by atoms with Gasteiger partial charge in [0, 0.05) is 39.8 Å². The molecule has 1 saturated heterocycles. The van der Waals surface area contributed by atoms with Gasteiger partial charge >= 0.3 is 0 Å². The lowest BCUT2D eigenvalue weighted by atomic mass is 10.0. The Kier molecular flexibility index (Phi) is 5.76. The number of nitrogens with one attached hydrogen (secondary N) is 1. The van der Waals surface area contributed by atoms with Gasteiger partial charge in [-0.2, -0.15) is 0 Å². The van der Waals surface area contributed by atoms with E-state index in [1.165, 1.54) is 0 Å². The number of carbonyl (C=O) groups excluding carboxylic acids is 2. The molecular weight excluding hydrogens is 404 g/mol. The van der Waals surface area contributed by atoms with E-state index in [1.807, 2.05) is 29.2 Å². The topological polar surface area (TPSA) is 49.4 Å². The van der Waals surface area contributed by atoms with Crippen LogP contribution in [0.2, 0.25) is 5.02 Å². The highest BCUT2D eigenvalue weighted by atomic mass is 79.9. The van der Waals surface area contributed by atoms with Crippen LogP contribution in [0.3, 0.4) is 0 Å². The number of carbonyl (C=O) groups is 2. The molecule has 0 bridgehead atoms. The molecule has 4 nitrogen and oxygen atoms in total. The Bertz CT molecular complexity index is 771. The van der Waals surface area contributed by atoms with E-state index in [4.69, 9.17) is 11.6 Å². The first kappa shape index (κ1) is 18.0. The van der Waals surface area contributed by atoms with Crippen molar-refractivity contribution in [3.63, 3.8) is 0 Å². The van der Waals surface area contributed by atoms with Gasteiger partial charge in [0.2, 0.25) is 0 Å². The zero-order valence-electron chi connectivity index (χ0n) is 13.5. The van der Waals surface area contributed by atoms with E-state index in [-0.39, 0.29) is 17.9 Å². The van der Waals surface area contributed by atoms with Gasteiger partial charge in [-0.25, -0.2) is 0 Å². The van der Waals surface area contributed by atoms with Crippen LogP contribution in [0.15, 0.2) is 53.0 Å². The molecule has 2 amide bonds. The number of benzene rings is 2. The van der Waals surface area contributed by atoms with Crippen LogP contribution in [0.25, 0.3) is 0 Å². The molecule has 25 heavy (non-hydrogen) atoms. The summed E-state index contributed by atoms with van der Waals surface area (Å²) in [5, 5.41) is 3.57. The van der Waals surface area contributed by atoms with Crippen LogP contribution in [0, 0.1) is 0 Å². The van der Waals surface area contributed by atoms with Gasteiger partial charge in [0.25, 0.3) is 11.8 Å². The van der Waals surface area contributed by atoms with Gasteiger partial charge in [0.15, 0.2) is 0 Å². The predicted molar refractivity (Wildman–Crippen MR) is 102 cm³/mol. The molecule has 0 aromatic heterocycles. The quantitative estimate of drug-likeness (QED) is 0.810. The first-order chi connectivity index (χ1) is 12.0. The van der Waals surface area contributed by atoms with Crippen molar-refractivity contribution in [3.05, 3.63) is 69.2 Å². The monoisotopic (exact) mass is 420 g/mol. The maximum absolute atomic E-state index is 12.5. The van der Waals surface area contributed by atoms with E-state index in [0.29, 0.717) is 29.2 Å². The minimum absolute atomic E-state index is 0.0344. The second-order valence-corrected chi connectivity index (χ2v) is 7.41. The number of halogens is 2.